The van der Waals surface area contributed by atoms with E-state index in [1.54, 1.807) is 18.5 Å². The lowest BCUT2D eigenvalue weighted by Crippen LogP contribution is -1.93. The van der Waals surface area contributed by atoms with Crippen molar-refractivity contribution >= 4 is 11.8 Å². The summed E-state index contributed by atoms with van der Waals surface area (Å²) in [6.45, 7) is 0. The van der Waals surface area contributed by atoms with Gasteiger partial charge in [-0.25, -0.2) is 4.98 Å². The third-order valence-corrected chi connectivity index (χ3v) is 2.62. The lowest BCUT2D eigenvalue weighted by atomic mass is 10.2. The van der Waals surface area contributed by atoms with Gasteiger partial charge in [-0.15, -0.1) is 0 Å². The normalized spacial score (nSPS) is 10.6. The summed E-state index contributed by atoms with van der Waals surface area (Å²) in [7, 11) is 0. The van der Waals surface area contributed by atoms with Crippen LogP contribution in [0, 0.1) is 0 Å². The average Bonchev–Trinajstić information content (AvgIpc) is 2.83. The predicted octanol–water partition coefficient (Wildman–Crippen LogP) is 2.21. The Kier molecular flexibility index (Phi) is 2.19. The van der Waals surface area contributed by atoms with Gasteiger partial charge < -0.3 is 0 Å². The number of imidazole rings is 1. The van der Waals surface area contributed by atoms with Gasteiger partial charge in [-0.3, -0.25) is 14.2 Å². The summed E-state index contributed by atoms with van der Waals surface area (Å²) in [5.74, 6) is 0.740. The van der Waals surface area contributed by atoms with E-state index in [4.69, 9.17) is 0 Å². The SMILES string of the molecule is O=Cc1cccn2c(-c3ccccn3)ncc12. The Morgan fingerprint density at radius 2 is 2.06 bits per heavy atom. The largest absolute Gasteiger partial charge is 0.298 e. The van der Waals surface area contributed by atoms with E-state index in [0.29, 0.717) is 5.56 Å². The molecule has 0 saturated carbocycles. The van der Waals surface area contributed by atoms with Crippen molar-refractivity contribution in [3.8, 4) is 11.5 Å². The Bertz CT molecular complexity index is 673. The molecule has 4 nitrogen and oxygen atoms in total. The highest BCUT2D eigenvalue weighted by Crippen LogP contribution is 2.18. The molecule has 0 saturated heterocycles. The van der Waals surface area contributed by atoms with Gasteiger partial charge in [-0.2, -0.15) is 0 Å². The molecule has 0 amide bonds. The second-order valence-electron chi connectivity index (χ2n) is 3.63. The molecular weight excluding hydrogens is 214 g/mol. The fraction of sp³-hybridized carbons (Fsp3) is 0. The standard InChI is InChI=1S/C13H9N3O/c17-9-10-4-3-7-16-12(10)8-15-13(16)11-5-1-2-6-14-11/h1-9H. The van der Waals surface area contributed by atoms with Crippen LogP contribution in [0.4, 0.5) is 0 Å². The summed E-state index contributed by atoms with van der Waals surface area (Å²) in [6, 6.07) is 9.25. The van der Waals surface area contributed by atoms with Crippen molar-refractivity contribution < 1.29 is 4.79 Å². The van der Waals surface area contributed by atoms with Crippen molar-refractivity contribution in [1.29, 1.82) is 0 Å². The molecule has 3 heterocycles. The second kappa shape index (κ2) is 3.83. The lowest BCUT2D eigenvalue weighted by Gasteiger charge is -2.01. The number of carbonyl (C=O) groups excluding carboxylic acids is 1. The molecule has 0 aliphatic heterocycles. The molecule has 0 atom stereocenters. The van der Waals surface area contributed by atoms with Crippen LogP contribution in [0.1, 0.15) is 10.4 Å². The molecule has 0 N–H and O–H groups in total. The first-order valence-electron chi connectivity index (χ1n) is 5.23. The zero-order valence-electron chi connectivity index (χ0n) is 8.95. The highest BCUT2D eigenvalue weighted by Gasteiger charge is 2.08. The van der Waals surface area contributed by atoms with Crippen molar-refractivity contribution in [2.45, 2.75) is 0 Å². The smallest absolute Gasteiger partial charge is 0.163 e. The molecule has 82 valence electrons. The van der Waals surface area contributed by atoms with E-state index in [9.17, 15) is 4.79 Å². The number of aromatic nitrogens is 3. The van der Waals surface area contributed by atoms with Crippen molar-refractivity contribution in [3.63, 3.8) is 0 Å². The lowest BCUT2D eigenvalue weighted by molar-refractivity contribution is 0.112. The van der Waals surface area contributed by atoms with Crippen LogP contribution in [0.2, 0.25) is 0 Å². The van der Waals surface area contributed by atoms with E-state index in [1.165, 1.54) is 0 Å². The Hall–Kier alpha value is -2.49. The predicted molar refractivity (Wildman–Crippen MR) is 63.8 cm³/mol. The second-order valence-corrected chi connectivity index (χ2v) is 3.63. The summed E-state index contributed by atoms with van der Waals surface area (Å²) in [5, 5.41) is 0. The number of nitrogens with zero attached hydrogens (tertiary/aromatic N) is 3. The topological polar surface area (TPSA) is 47.3 Å². The van der Waals surface area contributed by atoms with Crippen LogP contribution in [0.3, 0.4) is 0 Å². The van der Waals surface area contributed by atoms with Crippen LogP contribution >= 0.6 is 0 Å². The molecule has 4 heteroatoms. The fourth-order valence-corrected chi connectivity index (χ4v) is 1.83. The van der Waals surface area contributed by atoms with Crippen molar-refractivity contribution in [1.82, 2.24) is 14.4 Å². The minimum Gasteiger partial charge on any atom is -0.298 e. The first kappa shape index (κ1) is 9.72. The Labute approximate surface area is 97.6 Å². The minimum atomic E-state index is 0.627. The van der Waals surface area contributed by atoms with Crippen molar-refractivity contribution in [2.75, 3.05) is 0 Å². The molecule has 3 rings (SSSR count). The van der Waals surface area contributed by atoms with Gasteiger partial charge >= 0.3 is 0 Å². The molecule has 0 aliphatic rings. The highest BCUT2D eigenvalue weighted by atomic mass is 16.1. The number of aldehydes is 1. The number of carbonyl (C=O) groups is 1. The summed E-state index contributed by atoms with van der Waals surface area (Å²) in [6.07, 6.45) is 6.12. The first-order chi connectivity index (χ1) is 8.40. The summed E-state index contributed by atoms with van der Waals surface area (Å²) < 4.78 is 1.87. The molecule has 0 spiro atoms. The van der Waals surface area contributed by atoms with Gasteiger partial charge in [0.2, 0.25) is 0 Å². The fourth-order valence-electron chi connectivity index (χ4n) is 1.83. The van der Waals surface area contributed by atoms with E-state index < -0.39 is 0 Å². The van der Waals surface area contributed by atoms with E-state index in [2.05, 4.69) is 9.97 Å². The van der Waals surface area contributed by atoms with Gasteiger partial charge in [0.1, 0.15) is 5.69 Å². The molecule has 0 fully saturated rings. The first-order valence-corrected chi connectivity index (χ1v) is 5.23. The maximum atomic E-state index is 10.9. The van der Waals surface area contributed by atoms with Crippen LogP contribution in [0.15, 0.2) is 48.9 Å². The number of pyridine rings is 2. The van der Waals surface area contributed by atoms with Crippen LogP contribution in [0.5, 0.6) is 0 Å². The molecule has 0 aromatic carbocycles. The Morgan fingerprint density at radius 1 is 1.12 bits per heavy atom. The maximum absolute atomic E-state index is 10.9. The molecular formula is C13H9N3O. The van der Waals surface area contributed by atoms with Crippen LogP contribution in [-0.2, 0) is 0 Å². The van der Waals surface area contributed by atoms with Gasteiger partial charge in [0.25, 0.3) is 0 Å². The van der Waals surface area contributed by atoms with E-state index in [-0.39, 0.29) is 0 Å². The van der Waals surface area contributed by atoms with Crippen LogP contribution in [-0.4, -0.2) is 20.7 Å². The quantitative estimate of drug-likeness (QED) is 0.626. The van der Waals surface area contributed by atoms with Crippen molar-refractivity contribution in [3.05, 3.63) is 54.5 Å². The molecule has 0 bridgehead atoms. The molecule has 17 heavy (non-hydrogen) atoms. The zero-order chi connectivity index (χ0) is 11.7. The summed E-state index contributed by atoms with van der Waals surface area (Å²) in [5.41, 5.74) is 2.21. The number of hydrogen-bond acceptors (Lipinski definition) is 3. The Balaban J connectivity index is 2.30. The average molecular weight is 223 g/mol. The Morgan fingerprint density at radius 3 is 2.82 bits per heavy atom. The van der Waals surface area contributed by atoms with Gasteiger partial charge in [0.15, 0.2) is 12.1 Å². The van der Waals surface area contributed by atoms with Crippen molar-refractivity contribution in [2.24, 2.45) is 0 Å². The number of hydrogen-bond donors (Lipinski definition) is 0. The summed E-state index contributed by atoms with van der Waals surface area (Å²) >= 11 is 0. The summed E-state index contributed by atoms with van der Waals surface area (Å²) in [4.78, 5) is 19.5. The van der Waals surface area contributed by atoms with Crippen LogP contribution < -0.4 is 0 Å². The number of fused-ring (bicyclic) bond motifs is 1. The van der Waals surface area contributed by atoms with E-state index in [0.717, 1.165) is 23.3 Å². The molecule has 0 radical (unpaired) electrons. The maximum Gasteiger partial charge on any atom is 0.163 e. The van der Waals surface area contributed by atoms with E-state index in [1.807, 2.05) is 34.9 Å². The zero-order valence-corrected chi connectivity index (χ0v) is 8.95. The minimum absolute atomic E-state index is 0.627. The third-order valence-electron chi connectivity index (χ3n) is 2.62. The molecule has 0 unspecified atom stereocenters. The molecule has 3 aromatic rings. The van der Waals surface area contributed by atoms with Gasteiger partial charge in [0, 0.05) is 18.0 Å². The molecule has 3 aromatic heterocycles. The van der Waals surface area contributed by atoms with Gasteiger partial charge in [-0.05, 0) is 24.3 Å². The third kappa shape index (κ3) is 1.50. The number of rotatable bonds is 2. The van der Waals surface area contributed by atoms with Gasteiger partial charge in [-0.1, -0.05) is 6.07 Å². The van der Waals surface area contributed by atoms with Gasteiger partial charge in [0.05, 0.1) is 11.7 Å². The molecule has 0 aliphatic carbocycles. The highest BCUT2D eigenvalue weighted by molar-refractivity contribution is 5.86. The van der Waals surface area contributed by atoms with Crippen LogP contribution in [0.25, 0.3) is 17.0 Å². The van der Waals surface area contributed by atoms with E-state index >= 15 is 0 Å². The monoisotopic (exact) mass is 223 g/mol.